The van der Waals surface area contributed by atoms with Gasteiger partial charge in [-0.05, 0) is 25.3 Å². The Hall–Kier alpha value is -0.850. The standard InChI is InChI=1S/C13H18ClN2O4PS/c1-4-13(5-2,21(17,18)19)20-9-6-8(14)7(3)11-10(9)16-12(15)22-11/h6H,4-5H2,1-3H3,(H2,15,16)(H2,17,18,19). The number of nitrogens with two attached hydrogens (primary N) is 1. The van der Waals surface area contributed by atoms with Crippen molar-refractivity contribution in [3.8, 4) is 5.75 Å². The first-order valence-electron chi connectivity index (χ1n) is 6.75. The van der Waals surface area contributed by atoms with Gasteiger partial charge in [-0.25, -0.2) is 4.98 Å². The minimum absolute atomic E-state index is 0.153. The first-order valence-corrected chi connectivity index (χ1v) is 9.55. The molecule has 9 heteroatoms. The second-order valence-electron chi connectivity index (χ2n) is 5.01. The van der Waals surface area contributed by atoms with Gasteiger partial charge in [0, 0.05) is 11.1 Å². The highest BCUT2D eigenvalue weighted by Crippen LogP contribution is 2.56. The zero-order valence-corrected chi connectivity index (χ0v) is 14.9. The summed E-state index contributed by atoms with van der Waals surface area (Å²) in [7, 11) is -4.49. The Morgan fingerprint density at radius 2 is 2.05 bits per heavy atom. The van der Waals surface area contributed by atoms with Crippen LogP contribution >= 0.6 is 30.5 Å². The van der Waals surface area contributed by atoms with E-state index in [2.05, 4.69) is 4.98 Å². The smallest absolute Gasteiger partial charge is 0.368 e. The molecule has 0 spiro atoms. The van der Waals surface area contributed by atoms with Crippen molar-refractivity contribution >= 4 is 45.9 Å². The molecule has 0 aliphatic rings. The molecule has 6 nitrogen and oxygen atoms in total. The second-order valence-corrected chi connectivity index (χ2v) is 8.35. The number of anilines is 1. The van der Waals surface area contributed by atoms with E-state index in [1.165, 1.54) is 17.4 Å². The highest BCUT2D eigenvalue weighted by molar-refractivity contribution is 7.53. The predicted octanol–water partition coefficient (Wildman–Crippen LogP) is 3.91. The van der Waals surface area contributed by atoms with Crippen molar-refractivity contribution in [2.75, 3.05) is 5.73 Å². The normalized spacial score (nSPS) is 12.8. The number of benzene rings is 1. The summed E-state index contributed by atoms with van der Waals surface area (Å²) in [6, 6.07) is 1.54. The van der Waals surface area contributed by atoms with E-state index < -0.39 is 12.9 Å². The molecule has 2 rings (SSSR count). The fraction of sp³-hybridized carbons (Fsp3) is 0.462. The van der Waals surface area contributed by atoms with Crippen molar-refractivity contribution in [1.29, 1.82) is 0 Å². The Labute approximate surface area is 137 Å². The Morgan fingerprint density at radius 3 is 2.55 bits per heavy atom. The van der Waals surface area contributed by atoms with E-state index in [0.717, 1.165) is 10.3 Å². The molecular weight excluding hydrogens is 347 g/mol. The van der Waals surface area contributed by atoms with Gasteiger partial charge < -0.3 is 20.3 Å². The maximum atomic E-state index is 11.9. The Morgan fingerprint density at radius 1 is 1.45 bits per heavy atom. The van der Waals surface area contributed by atoms with Crippen molar-refractivity contribution in [2.24, 2.45) is 0 Å². The van der Waals surface area contributed by atoms with Gasteiger partial charge in [-0.1, -0.05) is 36.8 Å². The lowest BCUT2D eigenvalue weighted by atomic mass is 10.2. The molecular formula is C13H18ClN2O4PS. The summed E-state index contributed by atoms with van der Waals surface area (Å²) in [6.07, 6.45) is 0.306. The minimum atomic E-state index is -4.49. The van der Waals surface area contributed by atoms with E-state index in [9.17, 15) is 14.4 Å². The van der Waals surface area contributed by atoms with Gasteiger partial charge in [0.05, 0.1) is 4.70 Å². The van der Waals surface area contributed by atoms with Crippen molar-refractivity contribution < 1.29 is 19.1 Å². The average Bonchev–Trinajstić information content (AvgIpc) is 2.82. The second kappa shape index (κ2) is 5.98. The number of hydrogen-bond acceptors (Lipinski definition) is 5. The molecule has 1 aromatic heterocycles. The van der Waals surface area contributed by atoms with Crippen LogP contribution in [0.25, 0.3) is 10.2 Å². The van der Waals surface area contributed by atoms with Gasteiger partial charge in [-0.2, -0.15) is 0 Å². The van der Waals surface area contributed by atoms with E-state index in [4.69, 9.17) is 22.1 Å². The lowest BCUT2D eigenvalue weighted by Crippen LogP contribution is -2.34. The van der Waals surface area contributed by atoms with Crippen molar-refractivity contribution in [3.05, 3.63) is 16.7 Å². The lowest BCUT2D eigenvalue weighted by Gasteiger charge is -2.33. The molecule has 0 unspecified atom stereocenters. The Balaban J connectivity index is 2.65. The third-order valence-corrected chi connectivity index (χ3v) is 6.95. The molecule has 0 aliphatic carbocycles. The highest BCUT2D eigenvalue weighted by Gasteiger charge is 2.47. The van der Waals surface area contributed by atoms with Crippen molar-refractivity contribution in [2.45, 2.75) is 39.0 Å². The quantitative estimate of drug-likeness (QED) is 0.694. The van der Waals surface area contributed by atoms with Crippen LogP contribution in [0.1, 0.15) is 32.3 Å². The molecule has 1 aromatic carbocycles. The number of fused-ring (bicyclic) bond motifs is 1. The number of nitrogen functional groups attached to an aromatic ring is 1. The summed E-state index contributed by atoms with van der Waals surface area (Å²) in [4.78, 5) is 23.6. The number of aryl methyl sites for hydroxylation is 1. The number of nitrogens with zero attached hydrogens (tertiary/aromatic N) is 1. The molecule has 1 heterocycles. The molecule has 4 N–H and O–H groups in total. The van der Waals surface area contributed by atoms with Gasteiger partial charge in [0.15, 0.2) is 5.13 Å². The average molecular weight is 365 g/mol. The predicted molar refractivity (Wildman–Crippen MR) is 89.8 cm³/mol. The largest absolute Gasteiger partial charge is 0.472 e. The SMILES string of the molecule is CCC(CC)(Oc1cc(Cl)c(C)c2sc(N)nc12)P(=O)(O)O. The van der Waals surface area contributed by atoms with E-state index in [1.807, 2.05) is 6.92 Å². The van der Waals surface area contributed by atoms with Gasteiger partial charge in [-0.3, -0.25) is 4.57 Å². The number of hydrogen-bond donors (Lipinski definition) is 3. The molecule has 0 fully saturated rings. The zero-order valence-electron chi connectivity index (χ0n) is 12.5. The third kappa shape index (κ3) is 2.84. The van der Waals surface area contributed by atoms with Crippen LogP contribution < -0.4 is 10.5 Å². The summed E-state index contributed by atoms with van der Waals surface area (Å²) in [6.45, 7) is 5.18. The molecule has 0 atom stereocenters. The molecule has 0 amide bonds. The van der Waals surface area contributed by atoms with Crippen LogP contribution in [0.4, 0.5) is 5.13 Å². The van der Waals surface area contributed by atoms with Gasteiger partial charge >= 0.3 is 7.60 Å². The molecule has 0 saturated heterocycles. The van der Waals surface area contributed by atoms with E-state index in [0.29, 0.717) is 15.7 Å². The summed E-state index contributed by atoms with van der Waals surface area (Å²) >= 11 is 7.46. The molecule has 22 heavy (non-hydrogen) atoms. The van der Waals surface area contributed by atoms with Crippen LogP contribution in [0.5, 0.6) is 5.75 Å². The molecule has 2 aromatic rings. The molecule has 0 saturated carbocycles. The van der Waals surface area contributed by atoms with E-state index in [-0.39, 0.29) is 18.6 Å². The van der Waals surface area contributed by atoms with E-state index >= 15 is 0 Å². The first-order chi connectivity index (χ1) is 10.1. The van der Waals surface area contributed by atoms with Crippen LogP contribution in [0, 0.1) is 6.92 Å². The summed E-state index contributed by atoms with van der Waals surface area (Å²) < 4.78 is 18.4. The summed E-state index contributed by atoms with van der Waals surface area (Å²) in [5, 5.41) is -0.811. The monoisotopic (exact) mass is 364 g/mol. The molecule has 0 bridgehead atoms. The van der Waals surface area contributed by atoms with Gasteiger partial charge in [0.2, 0.25) is 5.34 Å². The molecule has 0 radical (unpaired) electrons. The fourth-order valence-corrected chi connectivity index (χ4v) is 4.45. The molecule has 122 valence electrons. The Bertz CT molecular complexity index is 754. The van der Waals surface area contributed by atoms with Crippen LogP contribution in [0.2, 0.25) is 5.02 Å². The van der Waals surface area contributed by atoms with Crippen LogP contribution in [0.15, 0.2) is 6.07 Å². The van der Waals surface area contributed by atoms with Crippen LogP contribution in [-0.2, 0) is 4.57 Å². The fourth-order valence-electron chi connectivity index (χ4n) is 2.31. The number of aromatic nitrogens is 1. The maximum absolute atomic E-state index is 11.9. The molecule has 0 aliphatic heterocycles. The van der Waals surface area contributed by atoms with Crippen LogP contribution in [-0.4, -0.2) is 20.1 Å². The zero-order chi connectivity index (χ0) is 16.7. The number of rotatable bonds is 5. The Kier molecular flexibility index (Phi) is 4.76. The van der Waals surface area contributed by atoms with Gasteiger partial charge in [0.25, 0.3) is 0 Å². The van der Waals surface area contributed by atoms with Gasteiger partial charge in [0.1, 0.15) is 11.3 Å². The van der Waals surface area contributed by atoms with E-state index in [1.54, 1.807) is 13.8 Å². The lowest BCUT2D eigenvalue weighted by molar-refractivity contribution is 0.110. The highest BCUT2D eigenvalue weighted by atomic mass is 35.5. The summed E-state index contributed by atoms with van der Waals surface area (Å²) in [5.41, 5.74) is 7.04. The van der Waals surface area contributed by atoms with Crippen molar-refractivity contribution in [1.82, 2.24) is 4.98 Å². The topological polar surface area (TPSA) is 106 Å². The number of ether oxygens (including phenoxy) is 1. The van der Waals surface area contributed by atoms with Crippen LogP contribution in [0.3, 0.4) is 0 Å². The number of thiazole rings is 1. The maximum Gasteiger partial charge on any atom is 0.368 e. The van der Waals surface area contributed by atoms with Crippen molar-refractivity contribution in [3.63, 3.8) is 0 Å². The number of halogens is 1. The summed E-state index contributed by atoms with van der Waals surface area (Å²) in [5.74, 6) is 0.241. The third-order valence-electron chi connectivity index (χ3n) is 3.77. The minimum Gasteiger partial charge on any atom is -0.472 e. The van der Waals surface area contributed by atoms with Gasteiger partial charge in [-0.15, -0.1) is 0 Å². The first kappa shape index (κ1) is 17.5.